The van der Waals surface area contributed by atoms with Gasteiger partial charge in [-0.3, -0.25) is 4.79 Å². The summed E-state index contributed by atoms with van der Waals surface area (Å²) in [5.41, 5.74) is 2.81. The van der Waals surface area contributed by atoms with E-state index < -0.39 is 5.41 Å². The van der Waals surface area contributed by atoms with Crippen LogP contribution in [0.25, 0.3) is 0 Å². The van der Waals surface area contributed by atoms with Crippen LogP contribution in [0.4, 0.5) is 0 Å². The standard InChI is InChI=1S/C22H26O2/c1-20(2,3)16-11-13-18(14-12-16)22(19(23)24-5)15-21(22,4)17-9-7-6-8-10-17/h6-14H,15H2,1-5H3/t21-,22+/m1/s1. The molecule has 1 fully saturated rings. The van der Waals surface area contributed by atoms with Crippen molar-refractivity contribution in [3.8, 4) is 0 Å². The van der Waals surface area contributed by atoms with Crippen molar-refractivity contribution in [3.05, 3.63) is 71.3 Å². The summed E-state index contributed by atoms with van der Waals surface area (Å²) in [5, 5.41) is 0. The van der Waals surface area contributed by atoms with Crippen LogP contribution in [0.15, 0.2) is 54.6 Å². The van der Waals surface area contributed by atoms with Crippen molar-refractivity contribution in [3.63, 3.8) is 0 Å². The minimum Gasteiger partial charge on any atom is -0.468 e. The first kappa shape index (κ1) is 16.8. The van der Waals surface area contributed by atoms with Gasteiger partial charge in [0.15, 0.2) is 0 Å². The fraction of sp³-hybridized carbons (Fsp3) is 0.409. The smallest absolute Gasteiger partial charge is 0.317 e. The van der Waals surface area contributed by atoms with E-state index in [0.717, 1.165) is 12.0 Å². The van der Waals surface area contributed by atoms with E-state index in [2.05, 4.69) is 64.1 Å². The Labute approximate surface area is 144 Å². The Hall–Kier alpha value is -2.09. The Morgan fingerprint density at radius 1 is 0.958 bits per heavy atom. The van der Waals surface area contributed by atoms with Gasteiger partial charge in [0, 0.05) is 5.41 Å². The van der Waals surface area contributed by atoms with Crippen LogP contribution in [-0.4, -0.2) is 13.1 Å². The number of methoxy groups -OCH3 is 1. The van der Waals surface area contributed by atoms with E-state index in [-0.39, 0.29) is 16.8 Å². The molecule has 0 saturated heterocycles. The molecule has 2 aromatic carbocycles. The molecule has 0 heterocycles. The molecule has 0 unspecified atom stereocenters. The van der Waals surface area contributed by atoms with Gasteiger partial charge in [-0.25, -0.2) is 0 Å². The van der Waals surface area contributed by atoms with E-state index in [9.17, 15) is 4.79 Å². The summed E-state index contributed by atoms with van der Waals surface area (Å²) in [5.74, 6) is -0.141. The Morgan fingerprint density at radius 3 is 2.04 bits per heavy atom. The third-order valence-electron chi connectivity index (χ3n) is 5.62. The maximum atomic E-state index is 12.7. The molecule has 1 aliphatic rings. The van der Waals surface area contributed by atoms with Crippen molar-refractivity contribution in [2.24, 2.45) is 0 Å². The van der Waals surface area contributed by atoms with E-state index in [4.69, 9.17) is 4.74 Å². The Morgan fingerprint density at radius 2 is 1.54 bits per heavy atom. The summed E-state index contributed by atoms with van der Waals surface area (Å²) < 4.78 is 5.21. The fourth-order valence-electron chi connectivity index (χ4n) is 3.91. The number of hydrogen-bond donors (Lipinski definition) is 0. The van der Waals surface area contributed by atoms with Gasteiger partial charge in [-0.2, -0.15) is 0 Å². The van der Waals surface area contributed by atoms with Crippen LogP contribution in [0.1, 0.15) is 50.8 Å². The van der Waals surface area contributed by atoms with Gasteiger partial charge in [0.2, 0.25) is 0 Å². The molecular formula is C22H26O2. The third kappa shape index (κ3) is 2.36. The van der Waals surface area contributed by atoms with Crippen LogP contribution < -0.4 is 0 Å². The highest BCUT2D eigenvalue weighted by molar-refractivity contribution is 5.91. The monoisotopic (exact) mass is 322 g/mol. The number of rotatable bonds is 3. The molecule has 2 nitrogen and oxygen atoms in total. The topological polar surface area (TPSA) is 26.3 Å². The van der Waals surface area contributed by atoms with Gasteiger partial charge in [0.05, 0.1) is 7.11 Å². The normalized spacial score (nSPS) is 26.0. The van der Waals surface area contributed by atoms with E-state index in [1.165, 1.54) is 18.2 Å². The number of ether oxygens (including phenoxy) is 1. The largest absolute Gasteiger partial charge is 0.468 e. The van der Waals surface area contributed by atoms with Gasteiger partial charge in [-0.1, -0.05) is 82.3 Å². The predicted octanol–water partition coefficient (Wildman–Crippen LogP) is 4.76. The summed E-state index contributed by atoms with van der Waals surface area (Å²) in [4.78, 5) is 12.7. The SMILES string of the molecule is COC(=O)[C@@]1(c2ccc(C(C)(C)C)cc2)C[C@]1(C)c1ccccc1. The Bertz CT molecular complexity index is 740. The molecular weight excluding hydrogens is 296 g/mol. The first-order chi connectivity index (χ1) is 11.3. The second-order valence-electron chi connectivity index (χ2n) is 8.10. The molecule has 2 aromatic rings. The minimum absolute atomic E-state index is 0.100. The third-order valence-corrected chi connectivity index (χ3v) is 5.62. The molecule has 24 heavy (non-hydrogen) atoms. The molecule has 1 aliphatic carbocycles. The molecule has 126 valence electrons. The maximum absolute atomic E-state index is 12.7. The van der Waals surface area contributed by atoms with Crippen LogP contribution in [0.3, 0.4) is 0 Å². The fourth-order valence-corrected chi connectivity index (χ4v) is 3.91. The van der Waals surface area contributed by atoms with Crippen LogP contribution in [0, 0.1) is 0 Å². The van der Waals surface area contributed by atoms with Crippen molar-refractivity contribution in [2.45, 2.75) is 50.4 Å². The Balaban J connectivity index is 2.06. The van der Waals surface area contributed by atoms with Crippen molar-refractivity contribution in [1.29, 1.82) is 0 Å². The average molecular weight is 322 g/mol. The van der Waals surface area contributed by atoms with Gasteiger partial charge in [0.25, 0.3) is 0 Å². The summed E-state index contributed by atoms with van der Waals surface area (Å²) in [6, 6.07) is 18.8. The van der Waals surface area contributed by atoms with E-state index >= 15 is 0 Å². The maximum Gasteiger partial charge on any atom is 0.317 e. The second kappa shape index (κ2) is 5.47. The first-order valence-electron chi connectivity index (χ1n) is 8.51. The molecule has 0 spiro atoms. The Kier molecular flexibility index (Phi) is 3.82. The molecule has 3 rings (SSSR count). The lowest BCUT2D eigenvalue weighted by Gasteiger charge is -2.24. The van der Waals surface area contributed by atoms with Gasteiger partial charge >= 0.3 is 5.97 Å². The average Bonchev–Trinajstić information content (AvgIpc) is 3.23. The van der Waals surface area contributed by atoms with Gasteiger partial charge in [-0.05, 0) is 28.5 Å². The molecule has 0 radical (unpaired) electrons. The zero-order valence-corrected chi connectivity index (χ0v) is 15.2. The van der Waals surface area contributed by atoms with E-state index in [1.807, 2.05) is 18.2 Å². The number of esters is 1. The molecule has 0 aromatic heterocycles. The highest BCUT2D eigenvalue weighted by Gasteiger charge is 2.71. The van der Waals surface area contributed by atoms with Gasteiger partial charge in [0.1, 0.15) is 5.41 Å². The van der Waals surface area contributed by atoms with Crippen molar-refractivity contribution < 1.29 is 9.53 Å². The quantitative estimate of drug-likeness (QED) is 0.762. The number of carbonyl (C=O) groups is 1. The lowest BCUT2D eigenvalue weighted by molar-refractivity contribution is -0.144. The van der Waals surface area contributed by atoms with E-state index in [0.29, 0.717) is 0 Å². The number of carbonyl (C=O) groups excluding carboxylic acids is 1. The zero-order chi connectivity index (χ0) is 17.6. The summed E-state index contributed by atoms with van der Waals surface area (Å²) in [6.45, 7) is 8.76. The summed E-state index contributed by atoms with van der Waals surface area (Å²) in [7, 11) is 1.48. The van der Waals surface area contributed by atoms with Crippen LogP contribution in [0.2, 0.25) is 0 Å². The highest BCUT2D eigenvalue weighted by atomic mass is 16.5. The molecule has 0 aliphatic heterocycles. The number of benzene rings is 2. The molecule has 2 atom stereocenters. The van der Waals surface area contributed by atoms with Crippen LogP contribution in [0.5, 0.6) is 0 Å². The second-order valence-corrected chi connectivity index (χ2v) is 8.10. The molecule has 0 N–H and O–H groups in total. The van der Waals surface area contributed by atoms with Gasteiger partial charge in [-0.15, -0.1) is 0 Å². The van der Waals surface area contributed by atoms with Crippen LogP contribution in [-0.2, 0) is 25.8 Å². The van der Waals surface area contributed by atoms with E-state index in [1.54, 1.807) is 0 Å². The highest BCUT2D eigenvalue weighted by Crippen LogP contribution is 2.65. The predicted molar refractivity (Wildman–Crippen MR) is 97.2 cm³/mol. The first-order valence-corrected chi connectivity index (χ1v) is 8.51. The van der Waals surface area contributed by atoms with Crippen molar-refractivity contribution >= 4 is 5.97 Å². The van der Waals surface area contributed by atoms with Crippen molar-refractivity contribution in [2.75, 3.05) is 7.11 Å². The molecule has 2 heteroatoms. The zero-order valence-electron chi connectivity index (χ0n) is 15.2. The molecule has 1 saturated carbocycles. The lowest BCUT2D eigenvalue weighted by atomic mass is 9.80. The summed E-state index contributed by atoms with van der Waals surface area (Å²) in [6.07, 6.45) is 0.783. The van der Waals surface area contributed by atoms with Gasteiger partial charge < -0.3 is 4.74 Å². The molecule has 0 bridgehead atoms. The lowest BCUT2D eigenvalue weighted by Crippen LogP contribution is -2.30. The number of hydrogen-bond acceptors (Lipinski definition) is 2. The summed E-state index contributed by atoms with van der Waals surface area (Å²) >= 11 is 0. The minimum atomic E-state index is -0.584. The molecule has 0 amide bonds. The van der Waals surface area contributed by atoms with Crippen molar-refractivity contribution in [1.82, 2.24) is 0 Å². The van der Waals surface area contributed by atoms with Crippen LogP contribution >= 0.6 is 0 Å².